The molecule has 0 saturated heterocycles. The van der Waals surface area contributed by atoms with Crippen LogP contribution in [0.5, 0.6) is 5.75 Å². The summed E-state index contributed by atoms with van der Waals surface area (Å²) in [5.74, 6) is -7.51. The standard InChI is InChI=1S/C37H60N8O11S3/c1-20(2)16-26(42-36(54)28(18-57)44-31(49)23(39)13-15-59-3)33(51)43-27(17-21-7-9-22(46)10-8-21)34(52)45-29(19-58)35(53)40-24(11-12-30(47)48)32(50)41-25(37(55)56)6-4-5-14-38/h7-10,20,23-29,46,57-58H,4-6,11-19,38-39H2,1-3H3,(H,40,53)(H,41,50)(H,42,54)(H,43,51)(H,44,49)(H,45,52)(H,47,48)(H,55,56)/t23-,24-,25-,26-,27-,28-,29-/m0/s1. The zero-order chi connectivity index (χ0) is 44.7. The van der Waals surface area contributed by atoms with Crippen molar-refractivity contribution in [1.82, 2.24) is 31.9 Å². The molecule has 22 heteroatoms. The van der Waals surface area contributed by atoms with Gasteiger partial charge in [-0.1, -0.05) is 26.0 Å². The lowest BCUT2D eigenvalue weighted by Crippen LogP contribution is -2.60. The summed E-state index contributed by atoms with van der Waals surface area (Å²) in [6, 6.07) is -3.17. The maximum atomic E-state index is 13.9. The fourth-order valence-electron chi connectivity index (χ4n) is 5.47. The lowest BCUT2D eigenvalue weighted by atomic mass is 10.0. The van der Waals surface area contributed by atoms with Gasteiger partial charge in [0.15, 0.2) is 0 Å². The van der Waals surface area contributed by atoms with Gasteiger partial charge >= 0.3 is 11.9 Å². The molecule has 0 aliphatic heterocycles. The minimum absolute atomic E-state index is 0.0303. The fourth-order valence-corrected chi connectivity index (χ4v) is 6.48. The van der Waals surface area contributed by atoms with Crippen LogP contribution in [-0.4, -0.2) is 135 Å². The third-order valence-corrected chi connectivity index (χ3v) is 10.2. The number of nitrogens with one attached hydrogen (secondary N) is 6. The van der Waals surface area contributed by atoms with E-state index in [1.54, 1.807) is 13.8 Å². The molecule has 59 heavy (non-hydrogen) atoms. The number of phenolic OH excluding ortho intramolecular Hbond substituents is 1. The van der Waals surface area contributed by atoms with E-state index >= 15 is 0 Å². The number of hydrogen-bond donors (Lipinski definition) is 13. The van der Waals surface area contributed by atoms with Crippen LogP contribution in [0.25, 0.3) is 0 Å². The highest BCUT2D eigenvalue weighted by molar-refractivity contribution is 7.98. The molecular weight excluding hydrogens is 829 g/mol. The Morgan fingerprint density at radius 3 is 1.64 bits per heavy atom. The molecule has 0 bridgehead atoms. The number of amides is 6. The summed E-state index contributed by atoms with van der Waals surface area (Å²) in [6.07, 6.45) is 2.11. The van der Waals surface area contributed by atoms with Crippen molar-refractivity contribution in [3.8, 4) is 5.75 Å². The maximum Gasteiger partial charge on any atom is 0.326 e. The number of thioether (sulfide) groups is 1. The molecule has 0 radical (unpaired) electrons. The Kier molecular flexibility index (Phi) is 25.3. The molecule has 0 fully saturated rings. The molecule has 19 nitrogen and oxygen atoms in total. The van der Waals surface area contributed by atoms with Gasteiger partial charge in [-0.2, -0.15) is 37.0 Å². The maximum absolute atomic E-state index is 13.9. The average molecular weight is 889 g/mol. The zero-order valence-electron chi connectivity index (χ0n) is 33.5. The van der Waals surface area contributed by atoms with E-state index in [2.05, 4.69) is 57.2 Å². The first-order valence-corrected chi connectivity index (χ1v) is 21.7. The van der Waals surface area contributed by atoms with Gasteiger partial charge in [-0.05, 0) is 80.7 Å². The predicted molar refractivity (Wildman–Crippen MR) is 229 cm³/mol. The van der Waals surface area contributed by atoms with E-state index in [-0.39, 0.29) is 42.4 Å². The molecule has 6 amide bonds. The number of carboxylic acids is 2. The van der Waals surface area contributed by atoms with Crippen molar-refractivity contribution in [2.24, 2.45) is 17.4 Å². The average Bonchev–Trinajstić information content (AvgIpc) is 3.18. The minimum atomic E-state index is -1.51. The summed E-state index contributed by atoms with van der Waals surface area (Å²) in [5, 5.41) is 43.7. The van der Waals surface area contributed by atoms with Crippen molar-refractivity contribution in [2.75, 3.05) is 30.1 Å². The van der Waals surface area contributed by atoms with Crippen LogP contribution in [0.3, 0.4) is 0 Å². The normalized spacial score (nSPS) is 14.6. The second-order valence-corrected chi connectivity index (χ2v) is 15.9. The van der Waals surface area contributed by atoms with Crippen molar-refractivity contribution < 1.29 is 53.7 Å². The van der Waals surface area contributed by atoms with Crippen LogP contribution < -0.4 is 43.4 Å². The van der Waals surface area contributed by atoms with E-state index in [1.807, 2.05) is 6.26 Å². The van der Waals surface area contributed by atoms with E-state index < -0.39 is 103 Å². The Morgan fingerprint density at radius 1 is 0.661 bits per heavy atom. The molecule has 0 saturated carbocycles. The first-order chi connectivity index (χ1) is 27.9. The summed E-state index contributed by atoms with van der Waals surface area (Å²) in [4.78, 5) is 104. The zero-order valence-corrected chi connectivity index (χ0v) is 36.1. The van der Waals surface area contributed by atoms with Crippen molar-refractivity contribution in [3.63, 3.8) is 0 Å². The van der Waals surface area contributed by atoms with Gasteiger partial charge in [0.25, 0.3) is 0 Å². The first-order valence-electron chi connectivity index (χ1n) is 19.1. The van der Waals surface area contributed by atoms with Crippen LogP contribution in [0.1, 0.15) is 64.4 Å². The van der Waals surface area contributed by atoms with Gasteiger partial charge in [0.05, 0.1) is 6.04 Å². The summed E-state index contributed by atoms with van der Waals surface area (Å²) in [6.45, 7) is 3.91. The van der Waals surface area contributed by atoms with Crippen LogP contribution in [0, 0.1) is 5.92 Å². The van der Waals surface area contributed by atoms with Gasteiger partial charge in [-0.25, -0.2) is 4.79 Å². The Bertz CT molecular complexity index is 1560. The van der Waals surface area contributed by atoms with Crippen molar-refractivity contribution in [1.29, 1.82) is 0 Å². The number of carboxylic acid groups (broad SMARTS) is 2. The highest BCUT2D eigenvalue weighted by atomic mass is 32.2. The van der Waals surface area contributed by atoms with Crippen LogP contribution >= 0.6 is 37.0 Å². The number of nitrogens with two attached hydrogens (primary N) is 2. The quantitative estimate of drug-likeness (QED) is 0.0336. The summed E-state index contributed by atoms with van der Waals surface area (Å²) >= 11 is 9.90. The number of benzene rings is 1. The van der Waals surface area contributed by atoms with E-state index in [0.29, 0.717) is 37.1 Å². The number of thiol groups is 2. The molecule has 0 heterocycles. The number of hydrogen-bond acceptors (Lipinski definition) is 14. The van der Waals surface area contributed by atoms with Crippen LogP contribution in [0.2, 0.25) is 0 Å². The third kappa shape index (κ3) is 20.5. The van der Waals surface area contributed by atoms with Gasteiger partial charge in [-0.3, -0.25) is 33.6 Å². The molecule has 1 aromatic rings. The topological polar surface area (TPSA) is 321 Å². The van der Waals surface area contributed by atoms with Gasteiger partial charge in [-0.15, -0.1) is 0 Å². The molecule has 7 atom stereocenters. The largest absolute Gasteiger partial charge is 0.508 e. The second kappa shape index (κ2) is 28.3. The van der Waals surface area contributed by atoms with Gasteiger partial charge in [0, 0.05) is 24.3 Å². The SMILES string of the molecule is CSCC[C@H](N)C(=O)N[C@@H](CS)C(=O)N[C@@H](CC(C)C)C(=O)N[C@@H](Cc1ccc(O)cc1)C(=O)N[C@@H](CS)C(=O)N[C@@H](CCC(=O)O)C(=O)N[C@@H](CCCCN)C(=O)O. The lowest BCUT2D eigenvalue weighted by molar-refractivity contribution is -0.143. The smallest absolute Gasteiger partial charge is 0.326 e. The minimum Gasteiger partial charge on any atom is -0.508 e. The van der Waals surface area contributed by atoms with Crippen molar-refractivity contribution in [3.05, 3.63) is 29.8 Å². The number of carbonyl (C=O) groups is 8. The number of aliphatic carboxylic acids is 2. The molecule has 0 aliphatic carbocycles. The van der Waals surface area contributed by atoms with Crippen molar-refractivity contribution >= 4 is 84.4 Å². The Morgan fingerprint density at radius 2 is 1.14 bits per heavy atom. The van der Waals surface area contributed by atoms with Gasteiger partial charge in [0.2, 0.25) is 35.4 Å². The van der Waals surface area contributed by atoms with Gasteiger partial charge in [0.1, 0.15) is 42.0 Å². The Balaban J connectivity index is 3.34. The Hall–Kier alpha value is -4.25. The molecular formula is C37H60N8O11S3. The Labute approximate surface area is 359 Å². The lowest BCUT2D eigenvalue weighted by Gasteiger charge is -2.27. The summed E-state index contributed by atoms with van der Waals surface area (Å²) in [5.41, 5.74) is 11.9. The van der Waals surface area contributed by atoms with E-state index in [1.165, 1.54) is 36.0 Å². The molecule has 0 aliphatic rings. The number of aromatic hydroxyl groups is 1. The highest BCUT2D eigenvalue weighted by Crippen LogP contribution is 2.13. The molecule has 1 rings (SSSR count). The number of rotatable bonds is 29. The predicted octanol–water partition coefficient (Wildman–Crippen LogP) is -1.09. The molecule has 332 valence electrons. The summed E-state index contributed by atoms with van der Waals surface area (Å²) < 4.78 is 0. The van der Waals surface area contributed by atoms with E-state index in [9.17, 15) is 53.7 Å². The summed E-state index contributed by atoms with van der Waals surface area (Å²) in [7, 11) is 0. The first kappa shape index (κ1) is 52.8. The number of carbonyl (C=O) groups excluding carboxylic acids is 6. The molecule has 0 spiro atoms. The highest BCUT2D eigenvalue weighted by Gasteiger charge is 2.34. The molecule has 0 unspecified atom stereocenters. The molecule has 0 aromatic heterocycles. The van der Waals surface area contributed by atoms with Crippen LogP contribution in [0.4, 0.5) is 0 Å². The fraction of sp³-hybridized carbons (Fsp3) is 0.622. The monoisotopic (exact) mass is 888 g/mol. The number of phenols is 1. The third-order valence-electron chi connectivity index (χ3n) is 8.79. The van der Waals surface area contributed by atoms with E-state index in [4.69, 9.17) is 11.5 Å². The second-order valence-electron chi connectivity index (χ2n) is 14.2. The van der Waals surface area contributed by atoms with Crippen molar-refractivity contribution in [2.45, 2.75) is 108 Å². The molecule has 13 N–H and O–H groups in total. The van der Waals surface area contributed by atoms with E-state index in [0.717, 1.165) is 0 Å². The van der Waals surface area contributed by atoms with Crippen LogP contribution in [0.15, 0.2) is 24.3 Å². The van der Waals surface area contributed by atoms with Gasteiger partial charge < -0.3 is 58.7 Å². The molecule has 1 aromatic carbocycles. The number of unbranched alkanes of at least 4 members (excludes halogenated alkanes) is 1. The van der Waals surface area contributed by atoms with Crippen LogP contribution in [-0.2, 0) is 44.8 Å².